The number of fused-ring (bicyclic) bond motifs is 3. The fourth-order valence-electron chi connectivity index (χ4n) is 3.55. The monoisotopic (exact) mass is 487 g/mol. The fraction of sp³-hybridized carbons (Fsp3) is 0.318. The Labute approximate surface area is 196 Å². The van der Waals surface area contributed by atoms with E-state index in [1.807, 2.05) is 24.3 Å². The zero-order valence-electron chi connectivity index (χ0n) is 19.4. The summed E-state index contributed by atoms with van der Waals surface area (Å²) in [7, 11) is 1.04. The van der Waals surface area contributed by atoms with Crippen LogP contribution in [-0.4, -0.2) is 55.6 Å². The highest BCUT2D eigenvalue weighted by molar-refractivity contribution is 7.86. The standard InChI is InChI=1S/C22H25N5O6S/c1-13(33-34(5,28)29)20-25-21-16-7-6-8-17(31-3)19(16)24-22(27(21)26-20)23-12-14-9-10-15(30-2)11-18(14)32-4/h6-11,13H,12H2,1-5H3,(H,23,24). The molecule has 0 bridgehead atoms. The van der Waals surface area contributed by atoms with Crippen LogP contribution in [0.5, 0.6) is 17.2 Å². The molecule has 0 amide bonds. The number of hydrogen-bond donors (Lipinski definition) is 1. The van der Waals surface area contributed by atoms with Crippen molar-refractivity contribution in [1.82, 2.24) is 19.6 Å². The summed E-state index contributed by atoms with van der Waals surface area (Å²) in [5.41, 5.74) is 1.93. The topological polar surface area (TPSA) is 126 Å². The zero-order valence-corrected chi connectivity index (χ0v) is 20.2. The lowest BCUT2D eigenvalue weighted by molar-refractivity contribution is 0.226. The van der Waals surface area contributed by atoms with Gasteiger partial charge >= 0.3 is 0 Å². The molecule has 2 aromatic heterocycles. The summed E-state index contributed by atoms with van der Waals surface area (Å²) in [5, 5.41) is 8.45. The lowest BCUT2D eigenvalue weighted by atomic mass is 10.2. The van der Waals surface area contributed by atoms with E-state index in [0.717, 1.165) is 11.8 Å². The minimum Gasteiger partial charge on any atom is -0.497 e. The van der Waals surface area contributed by atoms with Crippen molar-refractivity contribution in [3.05, 3.63) is 47.8 Å². The van der Waals surface area contributed by atoms with E-state index in [9.17, 15) is 8.42 Å². The Morgan fingerprint density at radius 3 is 2.47 bits per heavy atom. The van der Waals surface area contributed by atoms with Crippen molar-refractivity contribution in [2.75, 3.05) is 32.9 Å². The molecule has 0 aliphatic rings. The van der Waals surface area contributed by atoms with Crippen molar-refractivity contribution >= 4 is 32.6 Å². The van der Waals surface area contributed by atoms with Crippen LogP contribution in [-0.2, 0) is 20.8 Å². The van der Waals surface area contributed by atoms with Crippen molar-refractivity contribution in [3.63, 3.8) is 0 Å². The number of rotatable bonds is 9. The lowest BCUT2D eigenvalue weighted by Gasteiger charge is -2.13. The number of nitrogens with one attached hydrogen (secondary N) is 1. The third kappa shape index (κ3) is 4.68. The van der Waals surface area contributed by atoms with Crippen LogP contribution >= 0.6 is 0 Å². The van der Waals surface area contributed by atoms with E-state index < -0.39 is 16.2 Å². The summed E-state index contributed by atoms with van der Waals surface area (Å²) in [6, 6.07) is 11.0. The van der Waals surface area contributed by atoms with Gasteiger partial charge in [-0.15, -0.1) is 5.10 Å². The van der Waals surface area contributed by atoms with Gasteiger partial charge in [-0.25, -0.2) is 9.97 Å². The van der Waals surface area contributed by atoms with E-state index in [1.54, 1.807) is 40.4 Å². The summed E-state index contributed by atoms with van der Waals surface area (Å²) < 4.78 is 46.1. The Kier molecular flexibility index (Phi) is 6.44. The molecule has 2 heterocycles. The first kappa shape index (κ1) is 23.5. The van der Waals surface area contributed by atoms with Gasteiger partial charge in [-0.3, -0.25) is 4.18 Å². The first-order valence-electron chi connectivity index (χ1n) is 10.3. The van der Waals surface area contributed by atoms with Gasteiger partial charge in [0, 0.05) is 23.6 Å². The minimum absolute atomic E-state index is 0.202. The van der Waals surface area contributed by atoms with Gasteiger partial charge in [-0.05, 0) is 31.2 Å². The Hall–Kier alpha value is -3.64. The first-order chi connectivity index (χ1) is 16.2. The van der Waals surface area contributed by atoms with Gasteiger partial charge in [-0.1, -0.05) is 6.07 Å². The number of nitrogens with zero attached hydrogens (tertiary/aromatic N) is 4. The second-order valence-electron chi connectivity index (χ2n) is 7.47. The van der Waals surface area contributed by atoms with E-state index in [2.05, 4.69) is 15.4 Å². The van der Waals surface area contributed by atoms with Gasteiger partial charge in [0.2, 0.25) is 5.95 Å². The van der Waals surface area contributed by atoms with Gasteiger partial charge in [0.1, 0.15) is 28.9 Å². The average Bonchev–Trinajstić information content (AvgIpc) is 3.27. The van der Waals surface area contributed by atoms with Crippen molar-refractivity contribution in [3.8, 4) is 17.2 Å². The molecule has 12 heteroatoms. The minimum atomic E-state index is -3.70. The number of anilines is 1. The molecule has 4 aromatic rings. The highest BCUT2D eigenvalue weighted by Crippen LogP contribution is 2.30. The number of hydrogen-bond acceptors (Lipinski definition) is 10. The van der Waals surface area contributed by atoms with Crippen molar-refractivity contribution in [2.45, 2.75) is 19.6 Å². The van der Waals surface area contributed by atoms with Gasteiger partial charge in [0.05, 0.1) is 27.6 Å². The summed E-state index contributed by atoms with van der Waals surface area (Å²) in [6.07, 6.45) is 0.0983. The van der Waals surface area contributed by atoms with E-state index in [1.165, 1.54) is 4.52 Å². The normalized spacial score (nSPS) is 12.6. The molecule has 2 aromatic carbocycles. The number of methoxy groups -OCH3 is 3. The Morgan fingerprint density at radius 1 is 1.03 bits per heavy atom. The number of para-hydroxylation sites is 1. The van der Waals surface area contributed by atoms with Crippen LogP contribution in [0.3, 0.4) is 0 Å². The van der Waals surface area contributed by atoms with Crippen molar-refractivity contribution < 1.29 is 26.8 Å². The van der Waals surface area contributed by atoms with E-state index >= 15 is 0 Å². The molecule has 0 aliphatic heterocycles. The van der Waals surface area contributed by atoms with Crippen LogP contribution in [0.4, 0.5) is 5.95 Å². The second-order valence-corrected chi connectivity index (χ2v) is 9.07. The molecule has 0 aliphatic carbocycles. The molecule has 0 saturated carbocycles. The molecule has 11 nitrogen and oxygen atoms in total. The first-order valence-corrected chi connectivity index (χ1v) is 12.1. The molecular formula is C22H25N5O6S. The summed E-state index contributed by atoms with van der Waals surface area (Å²) in [6.45, 7) is 1.93. The van der Waals surface area contributed by atoms with Gasteiger partial charge in [0.15, 0.2) is 11.5 Å². The summed E-state index contributed by atoms with van der Waals surface area (Å²) in [5.74, 6) is 2.48. The third-order valence-electron chi connectivity index (χ3n) is 5.12. The molecular weight excluding hydrogens is 462 g/mol. The highest BCUT2D eigenvalue weighted by Gasteiger charge is 2.21. The molecule has 4 rings (SSSR count). The summed E-state index contributed by atoms with van der Waals surface area (Å²) in [4.78, 5) is 9.28. The molecule has 1 unspecified atom stereocenters. The van der Waals surface area contributed by atoms with Crippen molar-refractivity contribution in [2.24, 2.45) is 0 Å². The second kappa shape index (κ2) is 9.31. The number of ether oxygens (including phenoxy) is 3. The number of aromatic nitrogens is 4. The fourth-order valence-corrected chi connectivity index (χ4v) is 4.16. The number of benzene rings is 2. The summed E-state index contributed by atoms with van der Waals surface area (Å²) >= 11 is 0. The molecule has 1 N–H and O–H groups in total. The van der Waals surface area contributed by atoms with Gasteiger partial charge in [-0.2, -0.15) is 12.9 Å². The third-order valence-corrected chi connectivity index (χ3v) is 5.75. The Bertz CT molecular complexity index is 1450. The van der Waals surface area contributed by atoms with E-state index in [-0.39, 0.29) is 5.82 Å². The Morgan fingerprint density at radius 2 is 1.79 bits per heavy atom. The molecule has 0 spiro atoms. The molecule has 0 fully saturated rings. The van der Waals surface area contributed by atoms with Crippen molar-refractivity contribution in [1.29, 1.82) is 0 Å². The molecule has 1 atom stereocenters. The predicted molar refractivity (Wildman–Crippen MR) is 126 cm³/mol. The quantitative estimate of drug-likeness (QED) is 0.352. The van der Waals surface area contributed by atoms with Crippen LogP contribution in [0.1, 0.15) is 24.4 Å². The van der Waals surface area contributed by atoms with E-state index in [4.69, 9.17) is 23.4 Å². The van der Waals surface area contributed by atoms with Crippen LogP contribution in [0.15, 0.2) is 36.4 Å². The highest BCUT2D eigenvalue weighted by atomic mass is 32.2. The molecule has 0 saturated heterocycles. The smallest absolute Gasteiger partial charge is 0.265 e. The molecule has 0 radical (unpaired) electrons. The average molecular weight is 488 g/mol. The van der Waals surface area contributed by atoms with Gasteiger partial charge in [0.25, 0.3) is 10.1 Å². The predicted octanol–water partition coefficient (Wildman–Crippen LogP) is 2.95. The van der Waals surface area contributed by atoms with Gasteiger partial charge < -0.3 is 19.5 Å². The van der Waals surface area contributed by atoms with E-state index in [0.29, 0.717) is 46.3 Å². The van der Waals surface area contributed by atoms with Crippen LogP contribution in [0, 0.1) is 0 Å². The van der Waals surface area contributed by atoms with Crippen LogP contribution in [0.25, 0.3) is 16.6 Å². The molecule has 180 valence electrons. The van der Waals surface area contributed by atoms with Crippen LogP contribution in [0.2, 0.25) is 0 Å². The zero-order chi connectivity index (χ0) is 24.5. The maximum atomic E-state index is 11.6. The molecule has 34 heavy (non-hydrogen) atoms. The maximum Gasteiger partial charge on any atom is 0.265 e. The maximum absolute atomic E-state index is 11.6. The largest absolute Gasteiger partial charge is 0.497 e. The lowest BCUT2D eigenvalue weighted by Crippen LogP contribution is -2.10. The van der Waals surface area contributed by atoms with Crippen LogP contribution < -0.4 is 19.5 Å². The SMILES string of the molecule is COc1ccc(CNc2nc3c(OC)cccc3c3nc(C(C)OS(C)(=O)=O)nn23)c(OC)c1. The Balaban J connectivity index is 1.81.